The highest BCUT2D eigenvalue weighted by atomic mass is 31.2. The molecule has 5 N–H and O–H groups in total. The van der Waals surface area contributed by atoms with E-state index in [0.717, 1.165) is 25.7 Å². The Morgan fingerprint density at radius 1 is 0.512 bits per heavy atom. The van der Waals surface area contributed by atoms with Crippen LogP contribution in [0.4, 0.5) is 0 Å². The summed E-state index contributed by atoms with van der Waals surface area (Å²) in [4.78, 5) is 9.89. The lowest BCUT2D eigenvalue weighted by molar-refractivity contribution is -0.0878. The fourth-order valence-electron chi connectivity index (χ4n) is 6.20. The third-order valence-corrected chi connectivity index (χ3v) is 9.51. The molecule has 0 aromatic rings. The van der Waals surface area contributed by atoms with Crippen molar-refractivity contribution in [1.82, 2.24) is 0 Å². The molecule has 2 atom stereocenters. The van der Waals surface area contributed by atoms with Gasteiger partial charge in [0.25, 0.3) is 8.53 Å². The van der Waals surface area contributed by atoms with E-state index in [1.54, 1.807) is 0 Å². The zero-order chi connectivity index (χ0) is 30.3. The fraction of sp³-hybridized carbons (Fsp3) is 1.00. The van der Waals surface area contributed by atoms with Gasteiger partial charge in [-0.05, 0) is 12.8 Å². The molecular weight excluding hydrogens is 529 g/mol. The lowest BCUT2D eigenvalue weighted by Gasteiger charge is -2.38. The summed E-state index contributed by atoms with van der Waals surface area (Å²) in [6.07, 6.45) is 36.7. The van der Waals surface area contributed by atoms with Gasteiger partial charge in [0.1, 0.15) is 11.7 Å². The van der Waals surface area contributed by atoms with Gasteiger partial charge in [-0.25, -0.2) is 0 Å². The SMILES string of the molecule is CCCCCCCCCCCCCCCCC(CCCCCCCCCCCCCCCC)(OP(N)O)C(O)CO. The zero-order valence-electron chi connectivity index (χ0n) is 27.8. The highest BCUT2D eigenvalue weighted by Crippen LogP contribution is 2.39. The minimum Gasteiger partial charge on any atom is -0.394 e. The smallest absolute Gasteiger partial charge is 0.250 e. The molecule has 5 nitrogen and oxygen atoms in total. The van der Waals surface area contributed by atoms with Crippen LogP contribution >= 0.6 is 8.53 Å². The van der Waals surface area contributed by atoms with Gasteiger partial charge in [0.15, 0.2) is 0 Å². The summed E-state index contributed by atoms with van der Waals surface area (Å²) in [7, 11) is -2.08. The predicted octanol–water partition coefficient (Wildman–Crippen LogP) is 11.0. The monoisotopic (exact) mass is 604 g/mol. The van der Waals surface area contributed by atoms with Gasteiger partial charge in [-0.2, -0.15) is 0 Å². The van der Waals surface area contributed by atoms with E-state index < -0.39 is 20.2 Å². The molecule has 0 rings (SSSR count). The summed E-state index contributed by atoms with van der Waals surface area (Å²) >= 11 is 0. The van der Waals surface area contributed by atoms with Gasteiger partial charge in [0.05, 0.1) is 6.61 Å². The van der Waals surface area contributed by atoms with E-state index in [4.69, 9.17) is 10.0 Å². The van der Waals surface area contributed by atoms with Gasteiger partial charge < -0.3 is 19.6 Å². The number of hydrogen-bond donors (Lipinski definition) is 4. The van der Waals surface area contributed by atoms with E-state index in [9.17, 15) is 15.1 Å². The quantitative estimate of drug-likeness (QED) is 0.0433. The van der Waals surface area contributed by atoms with E-state index in [0.29, 0.717) is 12.8 Å². The average Bonchev–Trinajstić information content (AvgIpc) is 2.96. The number of nitrogens with two attached hydrogens (primary N) is 1. The molecule has 0 heterocycles. The molecule has 6 heteroatoms. The van der Waals surface area contributed by atoms with Crippen molar-refractivity contribution in [2.24, 2.45) is 5.50 Å². The van der Waals surface area contributed by atoms with Gasteiger partial charge in [-0.1, -0.05) is 194 Å². The van der Waals surface area contributed by atoms with Crippen molar-refractivity contribution < 1.29 is 19.6 Å². The topological polar surface area (TPSA) is 95.9 Å². The van der Waals surface area contributed by atoms with Crippen LogP contribution in [0.1, 0.15) is 206 Å². The van der Waals surface area contributed by atoms with Crippen LogP contribution in [-0.2, 0) is 4.52 Å². The average molecular weight is 604 g/mol. The molecule has 0 aliphatic rings. The molecule has 0 aromatic carbocycles. The van der Waals surface area contributed by atoms with Gasteiger partial charge in [-0.15, -0.1) is 0 Å². The molecule has 0 spiro atoms. The normalized spacial score (nSPS) is 13.6. The third-order valence-electron chi connectivity index (χ3n) is 8.96. The van der Waals surface area contributed by atoms with Crippen molar-refractivity contribution in [3.63, 3.8) is 0 Å². The lowest BCUT2D eigenvalue weighted by Crippen LogP contribution is -2.46. The second kappa shape index (κ2) is 31.6. The summed E-state index contributed by atoms with van der Waals surface area (Å²) in [6.45, 7) is 4.19. The van der Waals surface area contributed by atoms with E-state index in [1.807, 2.05) is 0 Å². The second-order valence-corrected chi connectivity index (χ2v) is 13.6. The summed E-state index contributed by atoms with van der Waals surface area (Å²) in [5.41, 5.74) is 4.74. The Hall–Kier alpha value is 0.230. The molecule has 0 saturated carbocycles. The maximum atomic E-state index is 10.7. The Labute approximate surface area is 258 Å². The van der Waals surface area contributed by atoms with E-state index >= 15 is 0 Å². The Morgan fingerprint density at radius 3 is 0.976 bits per heavy atom. The van der Waals surface area contributed by atoms with E-state index in [2.05, 4.69) is 13.8 Å². The molecule has 0 fully saturated rings. The largest absolute Gasteiger partial charge is 0.394 e. The van der Waals surface area contributed by atoms with Crippen LogP contribution < -0.4 is 5.50 Å². The van der Waals surface area contributed by atoms with Crippen molar-refractivity contribution in [2.75, 3.05) is 6.61 Å². The Morgan fingerprint density at radius 2 is 0.756 bits per heavy atom. The summed E-state index contributed by atoms with van der Waals surface area (Å²) < 4.78 is 5.81. The molecule has 0 amide bonds. The number of aliphatic hydroxyl groups is 2. The molecule has 0 bridgehead atoms. The molecule has 2 unspecified atom stereocenters. The van der Waals surface area contributed by atoms with Crippen LogP contribution in [0.3, 0.4) is 0 Å². The molecule has 248 valence electrons. The van der Waals surface area contributed by atoms with Gasteiger partial charge in [0, 0.05) is 0 Å². The van der Waals surface area contributed by atoms with E-state index in [1.165, 1.54) is 154 Å². The van der Waals surface area contributed by atoms with Crippen molar-refractivity contribution >= 4 is 8.53 Å². The molecule has 41 heavy (non-hydrogen) atoms. The Kier molecular flexibility index (Phi) is 31.8. The van der Waals surface area contributed by atoms with Gasteiger partial charge >= 0.3 is 0 Å². The highest BCUT2D eigenvalue weighted by Gasteiger charge is 2.39. The highest BCUT2D eigenvalue weighted by molar-refractivity contribution is 7.43. The van der Waals surface area contributed by atoms with Gasteiger partial charge in [-0.3, -0.25) is 5.50 Å². The molecule has 0 aromatic heterocycles. The van der Waals surface area contributed by atoms with Crippen LogP contribution in [0.2, 0.25) is 0 Å². The maximum absolute atomic E-state index is 10.7. The molecule has 0 saturated heterocycles. The first-order valence-corrected chi connectivity index (χ1v) is 19.5. The molecule has 0 aliphatic heterocycles. The van der Waals surface area contributed by atoms with Crippen molar-refractivity contribution in [3.05, 3.63) is 0 Å². The molecule has 0 aliphatic carbocycles. The first kappa shape index (κ1) is 41.2. The summed E-state index contributed by atoms with van der Waals surface area (Å²) in [5.74, 6) is 0. The first-order valence-electron chi connectivity index (χ1n) is 18.2. The third kappa shape index (κ3) is 26.4. The van der Waals surface area contributed by atoms with Crippen LogP contribution in [0.25, 0.3) is 0 Å². The number of aliphatic hydroxyl groups excluding tert-OH is 2. The summed E-state index contributed by atoms with van der Waals surface area (Å²) in [6, 6.07) is 0. The molecule has 0 radical (unpaired) electrons. The van der Waals surface area contributed by atoms with E-state index in [-0.39, 0.29) is 6.61 Å². The van der Waals surface area contributed by atoms with Crippen molar-refractivity contribution in [1.29, 1.82) is 0 Å². The predicted molar refractivity (Wildman–Crippen MR) is 180 cm³/mol. The van der Waals surface area contributed by atoms with Gasteiger partial charge in [0.2, 0.25) is 0 Å². The lowest BCUT2D eigenvalue weighted by atomic mass is 9.85. The van der Waals surface area contributed by atoms with Crippen LogP contribution in [0, 0.1) is 0 Å². The zero-order valence-corrected chi connectivity index (χ0v) is 28.7. The van der Waals surface area contributed by atoms with Crippen LogP contribution in [0.5, 0.6) is 0 Å². The number of rotatable bonds is 34. The fourth-order valence-corrected chi connectivity index (χ4v) is 6.88. The Balaban J connectivity index is 4.05. The summed E-state index contributed by atoms with van der Waals surface area (Å²) in [5, 5.41) is 20.5. The minimum atomic E-state index is -2.08. The molecular formula is C35H74NO4P. The number of unbranched alkanes of at least 4 members (excludes halogenated alkanes) is 26. The van der Waals surface area contributed by atoms with Crippen LogP contribution in [0.15, 0.2) is 0 Å². The maximum Gasteiger partial charge on any atom is 0.250 e. The van der Waals surface area contributed by atoms with Crippen LogP contribution in [-0.4, -0.2) is 33.4 Å². The Bertz CT molecular complexity index is 477. The van der Waals surface area contributed by atoms with Crippen molar-refractivity contribution in [2.45, 2.75) is 218 Å². The first-order chi connectivity index (χ1) is 20.0. The standard InChI is InChI=1S/C35H74NO4P/c1-3-5-7-9-11-13-15-17-19-21-23-25-27-29-31-35(34(38)33-37,40-41(36)39)32-30-28-26-24-22-20-18-16-14-12-10-8-6-4-2/h34,37-39H,3-33,36H2,1-2H3. The van der Waals surface area contributed by atoms with Crippen molar-refractivity contribution in [3.8, 4) is 0 Å². The number of hydrogen-bond acceptors (Lipinski definition) is 5. The minimum absolute atomic E-state index is 0.361. The second-order valence-electron chi connectivity index (χ2n) is 12.8.